The Morgan fingerprint density at radius 3 is 3.06 bits per heavy atom. The topological polar surface area (TPSA) is 69.8 Å². The molecule has 2 aromatic rings. The van der Waals surface area contributed by atoms with Gasteiger partial charge in [0, 0.05) is 46.1 Å². The lowest BCUT2D eigenvalue weighted by atomic mass is 10.4. The molecule has 1 N–H and O–H groups in total. The van der Waals surface area contributed by atoms with E-state index in [1.54, 1.807) is 19.6 Å². The highest BCUT2D eigenvalue weighted by atomic mass is 16.5. The fourth-order valence-corrected chi connectivity index (χ4v) is 1.68. The van der Waals surface area contributed by atoms with Crippen LogP contribution in [0, 0.1) is 0 Å². The Hall–Kier alpha value is -1.89. The Morgan fingerprint density at radius 1 is 1.44 bits per heavy atom. The number of nitrogens with one attached hydrogen (secondary N) is 1. The van der Waals surface area contributed by atoms with Crippen LogP contribution in [0.15, 0.2) is 18.7 Å². The zero-order valence-electron chi connectivity index (χ0n) is 10.7. The monoisotopic (exact) mass is 250 g/mol. The smallest absolute Gasteiger partial charge is 0.202 e. The van der Waals surface area contributed by atoms with Crippen molar-refractivity contribution >= 4 is 5.95 Å². The summed E-state index contributed by atoms with van der Waals surface area (Å²) in [7, 11) is 3.63. The summed E-state index contributed by atoms with van der Waals surface area (Å²) in [5.74, 6) is 1.82. The molecule has 2 heterocycles. The van der Waals surface area contributed by atoms with Crippen molar-refractivity contribution in [2.75, 3.05) is 25.6 Å². The van der Waals surface area contributed by atoms with E-state index in [2.05, 4.69) is 25.1 Å². The lowest BCUT2D eigenvalue weighted by Crippen LogP contribution is -2.13. The predicted molar refractivity (Wildman–Crippen MR) is 67.3 cm³/mol. The zero-order valence-corrected chi connectivity index (χ0v) is 10.7. The molecule has 0 aliphatic carbocycles. The zero-order chi connectivity index (χ0) is 12.8. The summed E-state index contributed by atoms with van der Waals surface area (Å²) in [6.07, 6.45) is 6.27. The van der Waals surface area contributed by atoms with Gasteiger partial charge in [0.25, 0.3) is 0 Å². The maximum Gasteiger partial charge on any atom is 0.202 e. The molecule has 0 aliphatic rings. The summed E-state index contributed by atoms with van der Waals surface area (Å²) in [6.45, 7) is 2.23. The maximum absolute atomic E-state index is 4.99. The molecule has 0 radical (unpaired) electrons. The average Bonchev–Trinajstić information content (AvgIpc) is 2.96. The van der Waals surface area contributed by atoms with E-state index in [0.717, 1.165) is 31.3 Å². The van der Waals surface area contributed by atoms with Crippen molar-refractivity contribution < 1.29 is 4.74 Å². The number of rotatable bonds is 7. The van der Waals surface area contributed by atoms with Crippen LogP contribution in [0.2, 0.25) is 0 Å². The molecule has 7 nitrogen and oxygen atoms in total. The molecule has 0 aromatic carbocycles. The number of hydrogen-bond acceptors (Lipinski definition) is 5. The highest BCUT2D eigenvalue weighted by Gasteiger charge is 2.04. The van der Waals surface area contributed by atoms with E-state index in [0.29, 0.717) is 6.61 Å². The van der Waals surface area contributed by atoms with Gasteiger partial charge in [-0.05, 0) is 0 Å². The van der Waals surface area contributed by atoms with E-state index in [4.69, 9.17) is 4.74 Å². The second kappa shape index (κ2) is 6.15. The van der Waals surface area contributed by atoms with Crippen LogP contribution in [0.3, 0.4) is 0 Å². The Labute approximate surface area is 106 Å². The number of anilines is 1. The van der Waals surface area contributed by atoms with E-state index < -0.39 is 0 Å². The number of methoxy groups -OCH3 is 1. The van der Waals surface area contributed by atoms with E-state index >= 15 is 0 Å². The lowest BCUT2D eigenvalue weighted by Gasteiger charge is -2.09. The van der Waals surface area contributed by atoms with Crippen molar-refractivity contribution in [3.8, 4) is 0 Å². The number of hydrogen-bond donors (Lipinski definition) is 1. The van der Waals surface area contributed by atoms with Crippen molar-refractivity contribution in [3.05, 3.63) is 24.5 Å². The highest BCUT2D eigenvalue weighted by molar-refractivity contribution is 5.25. The molecular formula is C11H18N6O. The van der Waals surface area contributed by atoms with E-state index in [9.17, 15) is 0 Å². The van der Waals surface area contributed by atoms with Gasteiger partial charge in [0.05, 0.1) is 6.61 Å². The molecule has 98 valence electrons. The van der Waals surface area contributed by atoms with Crippen LogP contribution in [0.5, 0.6) is 0 Å². The number of aryl methyl sites for hydroxylation is 3. The van der Waals surface area contributed by atoms with Gasteiger partial charge in [-0.1, -0.05) is 0 Å². The fraction of sp³-hybridized carbons (Fsp3) is 0.545. The molecule has 0 atom stereocenters. The molecule has 0 amide bonds. The van der Waals surface area contributed by atoms with Gasteiger partial charge in [0.2, 0.25) is 5.95 Å². The van der Waals surface area contributed by atoms with Gasteiger partial charge in [0.15, 0.2) is 0 Å². The molecule has 0 spiro atoms. The third-order valence-corrected chi connectivity index (χ3v) is 2.69. The number of aromatic nitrogens is 5. The first-order valence-corrected chi connectivity index (χ1v) is 5.88. The molecule has 7 heteroatoms. The molecular weight excluding hydrogens is 232 g/mol. The van der Waals surface area contributed by atoms with Crippen molar-refractivity contribution in [1.29, 1.82) is 0 Å². The number of imidazole rings is 1. The molecule has 2 aromatic heterocycles. The minimum Gasteiger partial charge on any atom is -0.383 e. The van der Waals surface area contributed by atoms with E-state index in [-0.39, 0.29) is 0 Å². The van der Waals surface area contributed by atoms with Crippen LogP contribution in [-0.2, 0) is 24.8 Å². The summed E-state index contributed by atoms with van der Waals surface area (Å²) in [4.78, 5) is 4.26. The Morgan fingerprint density at radius 2 is 2.33 bits per heavy atom. The summed E-state index contributed by atoms with van der Waals surface area (Å²) in [5.41, 5.74) is 0. The first-order valence-electron chi connectivity index (χ1n) is 5.88. The minimum atomic E-state index is 0.663. The normalized spacial score (nSPS) is 10.8. The molecule has 2 rings (SSSR count). The van der Waals surface area contributed by atoms with Crippen LogP contribution in [0.1, 0.15) is 5.82 Å². The lowest BCUT2D eigenvalue weighted by molar-refractivity contribution is 0.210. The van der Waals surface area contributed by atoms with Crippen molar-refractivity contribution in [1.82, 2.24) is 24.3 Å². The van der Waals surface area contributed by atoms with Crippen molar-refractivity contribution in [3.63, 3.8) is 0 Å². The number of ether oxygens (including phenoxy) is 1. The summed E-state index contributed by atoms with van der Waals surface area (Å²) < 4.78 is 8.98. The van der Waals surface area contributed by atoms with Crippen LogP contribution in [0.4, 0.5) is 5.95 Å². The molecule has 0 bridgehead atoms. The molecule has 18 heavy (non-hydrogen) atoms. The Kier molecular flexibility index (Phi) is 4.30. The fourth-order valence-electron chi connectivity index (χ4n) is 1.68. The largest absolute Gasteiger partial charge is 0.383 e. The van der Waals surface area contributed by atoms with Crippen LogP contribution >= 0.6 is 0 Å². The molecule has 0 aliphatic heterocycles. The van der Waals surface area contributed by atoms with Gasteiger partial charge >= 0.3 is 0 Å². The SMILES string of the molecule is COCCNc1nccn1CCc1nncn1C. The average molecular weight is 250 g/mol. The molecule has 0 fully saturated rings. The second-order valence-electron chi connectivity index (χ2n) is 3.97. The third kappa shape index (κ3) is 3.07. The minimum absolute atomic E-state index is 0.663. The van der Waals surface area contributed by atoms with Gasteiger partial charge in [-0.25, -0.2) is 4.98 Å². The molecule has 0 saturated carbocycles. The van der Waals surface area contributed by atoms with Gasteiger partial charge in [-0.2, -0.15) is 0 Å². The first-order chi connectivity index (χ1) is 8.81. The third-order valence-electron chi connectivity index (χ3n) is 2.69. The van der Waals surface area contributed by atoms with Gasteiger partial charge < -0.3 is 19.2 Å². The Balaban J connectivity index is 1.89. The Bertz CT molecular complexity index is 477. The predicted octanol–water partition coefficient (Wildman–Crippen LogP) is 0.313. The van der Waals surface area contributed by atoms with Crippen LogP contribution in [0.25, 0.3) is 0 Å². The van der Waals surface area contributed by atoms with E-state index in [1.807, 2.05) is 17.8 Å². The second-order valence-corrected chi connectivity index (χ2v) is 3.97. The standard InChI is InChI=1S/C11H18N6O/c1-16-9-14-15-10(16)3-6-17-7-4-12-11(17)13-5-8-18-2/h4,7,9H,3,5-6,8H2,1-2H3,(H,12,13). The van der Waals surface area contributed by atoms with Gasteiger partial charge in [-0.3, -0.25) is 0 Å². The van der Waals surface area contributed by atoms with Crippen molar-refractivity contribution in [2.45, 2.75) is 13.0 Å². The number of nitrogens with zero attached hydrogens (tertiary/aromatic N) is 5. The van der Waals surface area contributed by atoms with Gasteiger partial charge in [0.1, 0.15) is 12.2 Å². The van der Waals surface area contributed by atoms with Crippen molar-refractivity contribution in [2.24, 2.45) is 7.05 Å². The van der Waals surface area contributed by atoms with Crippen LogP contribution < -0.4 is 5.32 Å². The molecule has 0 saturated heterocycles. The molecule has 0 unspecified atom stereocenters. The van der Waals surface area contributed by atoms with Crippen LogP contribution in [-0.4, -0.2) is 44.6 Å². The van der Waals surface area contributed by atoms with E-state index in [1.165, 1.54) is 0 Å². The summed E-state index contributed by atoms with van der Waals surface area (Å²) in [5, 5.41) is 11.1. The highest BCUT2D eigenvalue weighted by Crippen LogP contribution is 2.05. The maximum atomic E-state index is 4.99. The summed E-state index contributed by atoms with van der Waals surface area (Å²) >= 11 is 0. The quantitative estimate of drug-likeness (QED) is 0.716. The first kappa shape index (κ1) is 12.6. The van der Waals surface area contributed by atoms with Gasteiger partial charge in [-0.15, -0.1) is 10.2 Å². The summed E-state index contributed by atoms with van der Waals surface area (Å²) in [6, 6.07) is 0.